The second-order valence-corrected chi connectivity index (χ2v) is 4.26. The molecule has 7 heteroatoms. The first kappa shape index (κ1) is 19.1. The average Bonchev–Trinajstić information content (AvgIpc) is 2.40. The summed E-state index contributed by atoms with van der Waals surface area (Å²) in [6, 6.07) is 1.44. The Hall–Kier alpha value is -0.880. The molecular formula is C13H18Cl2F2N2O. The van der Waals surface area contributed by atoms with Gasteiger partial charge in [0.05, 0.1) is 11.6 Å². The highest BCUT2D eigenvalue weighted by atomic mass is 35.5. The molecule has 114 valence electrons. The van der Waals surface area contributed by atoms with Gasteiger partial charge in [-0.15, -0.1) is 31.4 Å². The molecule has 2 rings (SSSR count). The van der Waals surface area contributed by atoms with Crippen LogP contribution in [0, 0.1) is 11.6 Å². The van der Waals surface area contributed by atoms with Gasteiger partial charge in [0.1, 0.15) is 5.82 Å². The monoisotopic (exact) mass is 326 g/mol. The topological polar surface area (TPSA) is 35.5 Å². The largest absolute Gasteiger partial charge is 0.505 e. The van der Waals surface area contributed by atoms with Crippen molar-refractivity contribution in [2.45, 2.75) is 6.04 Å². The minimum Gasteiger partial charge on any atom is -0.505 e. The quantitative estimate of drug-likeness (QED) is 0.838. The van der Waals surface area contributed by atoms with Gasteiger partial charge in [-0.3, -0.25) is 4.90 Å². The number of aromatic hydroxyl groups is 1. The Bertz CT molecular complexity index is 454. The van der Waals surface area contributed by atoms with E-state index in [0.717, 1.165) is 25.2 Å². The number of piperazine rings is 1. The maximum absolute atomic E-state index is 13.8. The third-order valence-corrected chi connectivity index (χ3v) is 3.18. The molecule has 1 atom stereocenters. The van der Waals surface area contributed by atoms with E-state index in [2.05, 4.69) is 11.9 Å². The van der Waals surface area contributed by atoms with Crippen LogP contribution in [0.1, 0.15) is 11.6 Å². The zero-order valence-electron chi connectivity index (χ0n) is 10.8. The van der Waals surface area contributed by atoms with Gasteiger partial charge in [-0.05, 0) is 12.1 Å². The van der Waals surface area contributed by atoms with E-state index < -0.39 is 23.4 Å². The second-order valence-electron chi connectivity index (χ2n) is 4.26. The maximum atomic E-state index is 13.8. The zero-order valence-corrected chi connectivity index (χ0v) is 12.4. The molecule has 1 aliphatic rings. The van der Waals surface area contributed by atoms with Gasteiger partial charge in [-0.2, -0.15) is 0 Å². The van der Waals surface area contributed by atoms with Crippen molar-refractivity contribution in [3.63, 3.8) is 0 Å². The lowest BCUT2D eigenvalue weighted by atomic mass is 10.0. The molecule has 1 aromatic rings. The summed E-state index contributed by atoms with van der Waals surface area (Å²) in [5.41, 5.74) is -0.0353. The second kappa shape index (κ2) is 8.42. The number of hydrogen-bond donors (Lipinski definition) is 2. The lowest BCUT2D eigenvalue weighted by Gasteiger charge is -2.33. The summed E-state index contributed by atoms with van der Waals surface area (Å²) in [4.78, 5) is 1.96. The van der Waals surface area contributed by atoms with Crippen molar-refractivity contribution in [1.82, 2.24) is 10.2 Å². The normalized spacial score (nSPS) is 16.7. The number of halogens is 4. The van der Waals surface area contributed by atoms with Gasteiger partial charge >= 0.3 is 0 Å². The van der Waals surface area contributed by atoms with Gasteiger partial charge in [-0.25, -0.2) is 8.78 Å². The third-order valence-electron chi connectivity index (χ3n) is 3.18. The smallest absolute Gasteiger partial charge is 0.165 e. The fourth-order valence-corrected chi connectivity index (χ4v) is 2.25. The highest BCUT2D eigenvalue weighted by molar-refractivity contribution is 5.85. The molecule has 2 N–H and O–H groups in total. The fraction of sp³-hybridized carbons (Fsp3) is 0.385. The summed E-state index contributed by atoms with van der Waals surface area (Å²) >= 11 is 0. The molecular weight excluding hydrogens is 309 g/mol. The van der Waals surface area contributed by atoms with Gasteiger partial charge in [0.25, 0.3) is 0 Å². The van der Waals surface area contributed by atoms with Crippen LogP contribution in [0.4, 0.5) is 8.78 Å². The first-order chi connectivity index (χ1) is 8.65. The number of benzene rings is 1. The molecule has 1 saturated heterocycles. The molecule has 0 spiro atoms. The summed E-state index contributed by atoms with van der Waals surface area (Å²) < 4.78 is 27.1. The Labute approximate surface area is 129 Å². The average molecular weight is 327 g/mol. The van der Waals surface area contributed by atoms with Crippen LogP contribution in [0.15, 0.2) is 24.8 Å². The Balaban J connectivity index is 0.00000180. The first-order valence-corrected chi connectivity index (χ1v) is 5.89. The predicted molar refractivity (Wildman–Crippen MR) is 79.9 cm³/mol. The predicted octanol–water partition coefficient (Wildman–Crippen LogP) is 2.65. The van der Waals surface area contributed by atoms with E-state index in [0.29, 0.717) is 13.1 Å². The summed E-state index contributed by atoms with van der Waals surface area (Å²) in [7, 11) is 0. The third kappa shape index (κ3) is 3.82. The molecule has 0 aromatic heterocycles. The SMILES string of the molecule is C=C[C@@H](c1c(F)ccc(F)c1O)N1CCNCC1.Cl.Cl. The Morgan fingerprint density at radius 2 is 1.75 bits per heavy atom. The van der Waals surface area contributed by atoms with Crippen molar-refractivity contribution in [3.05, 3.63) is 42.0 Å². The molecule has 0 saturated carbocycles. The van der Waals surface area contributed by atoms with Crippen LogP contribution in [0.5, 0.6) is 5.75 Å². The lowest BCUT2D eigenvalue weighted by molar-refractivity contribution is 0.196. The minimum atomic E-state index is -0.812. The van der Waals surface area contributed by atoms with Crippen LogP contribution in [0.25, 0.3) is 0 Å². The molecule has 1 aliphatic heterocycles. The molecule has 1 heterocycles. The van der Waals surface area contributed by atoms with Crippen molar-refractivity contribution in [1.29, 1.82) is 0 Å². The summed E-state index contributed by atoms with van der Waals surface area (Å²) in [5, 5.41) is 12.9. The number of phenols is 1. The number of nitrogens with one attached hydrogen (secondary N) is 1. The zero-order chi connectivity index (χ0) is 13.1. The molecule has 0 unspecified atom stereocenters. The van der Waals surface area contributed by atoms with Gasteiger partial charge < -0.3 is 10.4 Å². The fourth-order valence-electron chi connectivity index (χ4n) is 2.25. The molecule has 3 nitrogen and oxygen atoms in total. The van der Waals surface area contributed by atoms with Gasteiger partial charge in [0.2, 0.25) is 0 Å². The van der Waals surface area contributed by atoms with E-state index >= 15 is 0 Å². The van der Waals surface area contributed by atoms with Crippen LogP contribution < -0.4 is 5.32 Å². The Morgan fingerprint density at radius 1 is 1.20 bits per heavy atom. The van der Waals surface area contributed by atoms with Crippen LogP contribution in [-0.4, -0.2) is 36.2 Å². The van der Waals surface area contributed by atoms with Crippen LogP contribution >= 0.6 is 24.8 Å². The highest BCUT2D eigenvalue weighted by Crippen LogP contribution is 2.33. The summed E-state index contributed by atoms with van der Waals surface area (Å²) in [6.45, 7) is 6.62. The Morgan fingerprint density at radius 3 is 2.30 bits per heavy atom. The van der Waals surface area contributed by atoms with Crippen LogP contribution in [0.3, 0.4) is 0 Å². The van der Waals surface area contributed by atoms with E-state index in [4.69, 9.17) is 0 Å². The van der Waals surface area contributed by atoms with Crippen molar-refractivity contribution < 1.29 is 13.9 Å². The highest BCUT2D eigenvalue weighted by Gasteiger charge is 2.26. The van der Waals surface area contributed by atoms with Crippen molar-refractivity contribution in [2.24, 2.45) is 0 Å². The number of hydrogen-bond acceptors (Lipinski definition) is 3. The van der Waals surface area contributed by atoms with Crippen molar-refractivity contribution in [2.75, 3.05) is 26.2 Å². The van der Waals surface area contributed by atoms with Gasteiger partial charge in [0, 0.05) is 26.2 Å². The summed E-state index contributed by atoms with van der Waals surface area (Å²) in [5.74, 6) is -2.05. The van der Waals surface area contributed by atoms with E-state index in [1.165, 1.54) is 6.08 Å². The molecule has 1 fully saturated rings. The van der Waals surface area contributed by atoms with Gasteiger partial charge in [-0.1, -0.05) is 6.08 Å². The lowest BCUT2D eigenvalue weighted by Crippen LogP contribution is -2.44. The molecule has 0 radical (unpaired) electrons. The van der Waals surface area contributed by atoms with Crippen molar-refractivity contribution >= 4 is 24.8 Å². The minimum absolute atomic E-state index is 0. The molecule has 0 amide bonds. The van der Waals surface area contributed by atoms with Gasteiger partial charge in [0.15, 0.2) is 11.6 Å². The molecule has 20 heavy (non-hydrogen) atoms. The first-order valence-electron chi connectivity index (χ1n) is 5.89. The summed E-state index contributed by atoms with van der Waals surface area (Å²) in [6.07, 6.45) is 1.53. The van der Waals surface area contributed by atoms with E-state index in [1.807, 2.05) is 4.90 Å². The number of rotatable bonds is 3. The van der Waals surface area contributed by atoms with Crippen molar-refractivity contribution in [3.8, 4) is 5.75 Å². The van der Waals surface area contributed by atoms with Crippen LogP contribution in [-0.2, 0) is 0 Å². The standard InChI is InChI=1S/C13H16F2N2O.2ClH/c1-2-11(17-7-5-16-6-8-17)12-9(14)3-4-10(15)13(12)18;;/h2-4,11,16,18H,1,5-8H2;2*1H/t11-;;/m0../s1. The Kier molecular flexibility index (Phi) is 8.05. The van der Waals surface area contributed by atoms with E-state index in [9.17, 15) is 13.9 Å². The molecule has 0 bridgehead atoms. The molecule has 1 aromatic carbocycles. The number of nitrogens with zero attached hydrogens (tertiary/aromatic N) is 1. The van der Waals surface area contributed by atoms with E-state index in [1.54, 1.807) is 0 Å². The number of phenolic OH excluding ortho intramolecular Hbond substituents is 1. The maximum Gasteiger partial charge on any atom is 0.165 e. The molecule has 0 aliphatic carbocycles. The van der Waals surface area contributed by atoms with Crippen LogP contribution in [0.2, 0.25) is 0 Å². The van der Waals surface area contributed by atoms with E-state index in [-0.39, 0.29) is 30.4 Å².